The largest absolute Gasteiger partial charge is 0.365 e. The quantitative estimate of drug-likeness (QED) is 0.467. The van der Waals surface area contributed by atoms with Gasteiger partial charge in [0.1, 0.15) is 17.8 Å². The zero-order valence-corrected chi connectivity index (χ0v) is 15.7. The van der Waals surface area contributed by atoms with E-state index in [0.717, 1.165) is 27.0 Å². The van der Waals surface area contributed by atoms with E-state index >= 15 is 0 Å². The molecule has 0 aliphatic carbocycles. The SMILES string of the molecule is Brc1cnc(Nc2ccccc2)nc1NCc1conc1-c1cccnc1. The van der Waals surface area contributed by atoms with Gasteiger partial charge < -0.3 is 15.2 Å². The molecule has 0 bridgehead atoms. The van der Waals surface area contributed by atoms with Crippen LogP contribution in [0.25, 0.3) is 11.3 Å². The van der Waals surface area contributed by atoms with Crippen LogP contribution in [0.2, 0.25) is 0 Å². The predicted octanol–water partition coefficient (Wildman–Crippen LogP) is 4.64. The van der Waals surface area contributed by atoms with Crippen LogP contribution in [-0.2, 0) is 6.54 Å². The van der Waals surface area contributed by atoms with Crippen LogP contribution < -0.4 is 10.6 Å². The fraction of sp³-hybridized carbons (Fsp3) is 0.0526. The second-order valence-corrected chi connectivity index (χ2v) is 6.52. The summed E-state index contributed by atoms with van der Waals surface area (Å²) in [6, 6.07) is 13.6. The van der Waals surface area contributed by atoms with Crippen molar-refractivity contribution in [1.29, 1.82) is 0 Å². The van der Waals surface area contributed by atoms with Crippen molar-refractivity contribution in [2.45, 2.75) is 6.54 Å². The highest BCUT2D eigenvalue weighted by Gasteiger charge is 2.12. The normalized spacial score (nSPS) is 10.6. The van der Waals surface area contributed by atoms with Crippen molar-refractivity contribution in [3.63, 3.8) is 0 Å². The fourth-order valence-electron chi connectivity index (χ4n) is 2.50. The molecule has 4 rings (SSSR count). The van der Waals surface area contributed by atoms with Gasteiger partial charge in [0.25, 0.3) is 0 Å². The summed E-state index contributed by atoms with van der Waals surface area (Å²) in [5.41, 5.74) is 3.48. The summed E-state index contributed by atoms with van der Waals surface area (Å²) >= 11 is 3.48. The van der Waals surface area contributed by atoms with E-state index in [0.29, 0.717) is 18.3 Å². The Morgan fingerprint density at radius 1 is 1.04 bits per heavy atom. The van der Waals surface area contributed by atoms with E-state index in [9.17, 15) is 0 Å². The van der Waals surface area contributed by atoms with E-state index in [1.165, 1.54) is 0 Å². The molecule has 0 amide bonds. The van der Waals surface area contributed by atoms with Crippen LogP contribution in [0.1, 0.15) is 5.56 Å². The van der Waals surface area contributed by atoms with Gasteiger partial charge in [-0.3, -0.25) is 4.98 Å². The highest BCUT2D eigenvalue weighted by molar-refractivity contribution is 9.10. The number of hydrogen-bond donors (Lipinski definition) is 2. The second kappa shape index (κ2) is 7.96. The molecular formula is C19H15BrN6O. The van der Waals surface area contributed by atoms with E-state index in [1.807, 2.05) is 42.5 Å². The lowest BCUT2D eigenvalue weighted by atomic mass is 10.1. The molecule has 0 unspecified atom stereocenters. The van der Waals surface area contributed by atoms with Gasteiger partial charge in [-0.1, -0.05) is 23.4 Å². The van der Waals surface area contributed by atoms with Gasteiger partial charge in [-0.25, -0.2) is 4.98 Å². The number of para-hydroxylation sites is 1. The molecule has 0 radical (unpaired) electrons. The molecule has 0 atom stereocenters. The summed E-state index contributed by atoms with van der Waals surface area (Å²) in [5.74, 6) is 1.17. The molecule has 0 spiro atoms. The first kappa shape index (κ1) is 17.2. The van der Waals surface area contributed by atoms with Gasteiger partial charge >= 0.3 is 0 Å². The maximum atomic E-state index is 5.15. The number of benzene rings is 1. The van der Waals surface area contributed by atoms with Gasteiger partial charge in [0.15, 0.2) is 0 Å². The maximum absolute atomic E-state index is 5.15. The molecule has 0 aliphatic rings. The fourth-order valence-corrected chi connectivity index (χ4v) is 2.84. The van der Waals surface area contributed by atoms with Gasteiger partial charge in [0.2, 0.25) is 5.95 Å². The van der Waals surface area contributed by atoms with Crippen molar-refractivity contribution in [2.24, 2.45) is 0 Å². The summed E-state index contributed by atoms with van der Waals surface area (Å²) < 4.78 is 5.91. The summed E-state index contributed by atoms with van der Waals surface area (Å²) in [6.45, 7) is 0.494. The van der Waals surface area contributed by atoms with Crippen LogP contribution in [0.5, 0.6) is 0 Å². The number of anilines is 3. The van der Waals surface area contributed by atoms with Crippen LogP contribution in [0.3, 0.4) is 0 Å². The zero-order valence-electron chi connectivity index (χ0n) is 14.1. The van der Waals surface area contributed by atoms with E-state index in [1.54, 1.807) is 24.9 Å². The van der Waals surface area contributed by atoms with Gasteiger partial charge in [-0.15, -0.1) is 0 Å². The minimum atomic E-state index is 0.494. The van der Waals surface area contributed by atoms with Crippen LogP contribution in [0.4, 0.5) is 17.5 Å². The Labute approximate surface area is 164 Å². The Balaban J connectivity index is 1.51. The Morgan fingerprint density at radius 3 is 2.74 bits per heavy atom. The molecule has 0 saturated heterocycles. The average Bonchev–Trinajstić information content (AvgIpc) is 3.18. The smallest absolute Gasteiger partial charge is 0.229 e. The van der Waals surface area contributed by atoms with Gasteiger partial charge in [-0.05, 0) is 40.2 Å². The van der Waals surface area contributed by atoms with E-state index in [-0.39, 0.29) is 0 Å². The topological polar surface area (TPSA) is 88.8 Å². The summed E-state index contributed by atoms with van der Waals surface area (Å²) in [5, 5.41) is 10.6. The van der Waals surface area contributed by atoms with Crippen molar-refractivity contribution in [2.75, 3.05) is 10.6 Å². The summed E-state index contributed by atoms with van der Waals surface area (Å²) in [7, 11) is 0. The van der Waals surface area contributed by atoms with Crippen molar-refractivity contribution in [3.8, 4) is 11.3 Å². The predicted molar refractivity (Wildman–Crippen MR) is 107 cm³/mol. The van der Waals surface area contributed by atoms with Crippen molar-refractivity contribution >= 4 is 33.4 Å². The Morgan fingerprint density at radius 2 is 1.93 bits per heavy atom. The number of aromatic nitrogens is 4. The first-order chi connectivity index (χ1) is 13.3. The molecule has 0 aliphatic heterocycles. The lowest BCUT2D eigenvalue weighted by Gasteiger charge is -2.10. The number of halogens is 1. The second-order valence-electron chi connectivity index (χ2n) is 5.66. The van der Waals surface area contributed by atoms with Crippen LogP contribution in [0.15, 0.2) is 76.3 Å². The van der Waals surface area contributed by atoms with Gasteiger partial charge in [0.05, 0.1) is 4.47 Å². The van der Waals surface area contributed by atoms with Crippen LogP contribution in [0, 0.1) is 0 Å². The lowest BCUT2D eigenvalue weighted by molar-refractivity contribution is 0.421. The molecule has 2 N–H and O–H groups in total. The van der Waals surface area contributed by atoms with E-state index in [2.05, 4.69) is 46.7 Å². The summed E-state index contributed by atoms with van der Waals surface area (Å²) in [4.78, 5) is 12.9. The molecule has 3 aromatic heterocycles. The number of pyridine rings is 1. The minimum absolute atomic E-state index is 0.494. The standard InChI is InChI=1S/C19H15BrN6O/c20-16-11-23-19(24-15-6-2-1-3-7-15)25-18(16)22-10-14-12-27-26-17(14)13-5-4-8-21-9-13/h1-9,11-12H,10H2,(H2,22,23,24,25). The number of hydrogen-bond acceptors (Lipinski definition) is 7. The van der Waals surface area contributed by atoms with Crippen LogP contribution in [-0.4, -0.2) is 20.1 Å². The van der Waals surface area contributed by atoms with Gasteiger partial charge in [-0.2, -0.15) is 4.98 Å². The molecule has 0 fully saturated rings. The molecule has 0 saturated carbocycles. The van der Waals surface area contributed by atoms with Crippen LogP contribution >= 0.6 is 15.9 Å². The Hall–Kier alpha value is -3.26. The monoisotopic (exact) mass is 422 g/mol. The third-order valence-electron chi connectivity index (χ3n) is 3.80. The molecule has 1 aromatic carbocycles. The summed E-state index contributed by atoms with van der Waals surface area (Å²) in [6.07, 6.45) is 6.80. The first-order valence-corrected chi connectivity index (χ1v) is 9.01. The first-order valence-electron chi connectivity index (χ1n) is 8.22. The van der Waals surface area contributed by atoms with E-state index < -0.39 is 0 Å². The molecule has 134 valence electrons. The highest BCUT2D eigenvalue weighted by atomic mass is 79.9. The lowest BCUT2D eigenvalue weighted by Crippen LogP contribution is -2.05. The third kappa shape index (κ3) is 4.12. The number of nitrogens with one attached hydrogen (secondary N) is 2. The van der Waals surface area contributed by atoms with Crippen molar-refractivity contribution in [1.82, 2.24) is 20.1 Å². The molecule has 3 heterocycles. The van der Waals surface area contributed by atoms with Crippen molar-refractivity contribution in [3.05, 3.63) is 77.4 Å². The number of rotatable bonds is 6. The highest BCUT2D eigenvalue weighted by Crippen LogP contribution is 2.25. The molecule has 27 heavy (non-hydrogen) atoms. The van der Waals surface area contributed by atoms with Gasteiger partial charge in [0, 0.05) is 41.9 Å². The maximum Gasteiger partial charge on any atom is 0.229 e. The average molecular weight is 423 g/mol. The Bertz CT molecular complexity index is 1020. The number of nitrogens with zero attached hydrogens (tertiary/aromatic N) is 4. The minimum Gasteiger partial charge on any atom is -0.365 e. The third-order valence-corrected chi connectivity index (χ3v) is 4.38. The Kier molecular flexibility index (Phi) is 5.06. The molecule has 4 aromatic rings. The van der Waals surface area contributed by atoms with Crippen molar-refractivity contribution < 1.29 is 4.52 Å². The molecule has 7 nitrogen and oxygen atoms in total. The van der Waals surface area contributed by atoms with E-state index in [4.69, 9.17) is 4.52 Å². The zero-order chi connectivity index (χ0) is 18.5. The molecule has 8 heteroatoms. The molecular weight excluding hydrogens is 408 g/mol.